The summed E-state index contributed by atoms with van der Waals surface area (Å²) in [4.78, 5) is 5.36. The third-order valence-corrected chi connectivity index (χ3v) is 5.54. The number of ether oxygens (including phenoxy) is 1. The van der Waals surface area contributed by atoms with E-state index in [1.807, 2.05) is 40.9 Å². The van der Waals surface area contributed by atoms with E-state index in [1.165, 1.54) is 5.56 Å². The molecule has 3 aromatic heterocycles. The van der Waals surface area contributed by atoms with Gasteiger partial charge in [0.05, 0.1) is 18.5 Å². The van der Waals surface area contributed by atoms with E-state index >= 15 is 0 Å². The van der Waals surface area contributed by atoms with Crippen LogP contribution in [0.3, 0.4) is 0 Å². The van der Waals surface area contributed by atoms with E-state index < -0.39 is 0 Å². The first-order valence-corrected chi connectivity index (χ1v) is 10.2. The zero-order valence-corrected chi connectivity index (χ0v) is 17.2. The molecule has 5 aromatic rings. The van der Waals surface area contributed by atoms with E-state index in [1.54, 1.807) is 18.4 Å². The largest absolute Gasteiger partial charge is 0.497 e. The van der Waals surface area contributed by atoms with Crippen molar-refractivity contribution >= 4 is 28.1 Å². The molecule has 5 rings (SSSR count). The molecule has 1 N–H and O–H groups in total. The fraction of sp³-hybridized carbons (Fsp3) is 0.0909. The van der Waals surface area contributed by atoms with Crippen molar-refractivity contribution in [3.63, 3.8) is 0 Å². The Morgan fingerprint density at radius 1 is 0.900 bits per heavy atom. The third kappa shape index (κ3) is 3.48. The normalized spacial score (nSPS) is 11.0. The van der Waals surface area contributed by atoms with E-state index in [0.717, 1.165) is 33.2 Å². The minimum atomic E-state index is 0.488. The maximum Gasteiger partial charge on any atom is 0.249 e. The highest BCUT2D eigenvalue weighted by atomic mass is 32.1. The molecule has 0 bridgehead atoms. The second kappa shape index (κ2) is 7.57. The van der Waals surface area contributed by atoms with E-state index in [0.29, 0.717) is 11.8 Å². The molecule has 0 spiro atoms. The predicted molar refractivity (Wildman–Crippen MR) is 118 cm³/mol. The molecule has 0 aliphatic heterocycles. The van der Waals surface area contributed by atoms with Crippen LogP contribution in [0.1, 0.15) is 5.56 Å². The lowest BCUT2D eigenvalue weighted by Crippen LogP contribution is -1.98. The molecule has 148 valence electrons. The molecule has 2 aromatic carbocycles. The van der Waals surface area contributed by atoms with Crippen molar-refractivity contribution in [2.24, 2.45) is 0 Å². The van der Waals surface area contributed by atoms with Crippen LogP contribution in [0.25, 0.3) is 27.5 Å². The number of nitrogens with zero attached hydrogens (tertiary/aromatic N) is 5. The van der Waals surface area contributed by atoms with Crippen LogP contribution in [-0.4, -0.2) is 31.9 Å². The maximum absolute atomic E-state index is 5.19. The quantitative estimate of drug-likeness (QED) is 0.437. The van der Waals surface area contributed by atoms with Gasteiger partial charge in [-0.2, -0.15) is 4.98 Å². The lowest BCUT2D eigenvalue weighted by molar-refractivity contribution is 0.415. The Morgan fingerprint density at radius 2 is 1.67 bits per heavy atom. The molecule has 0 saturated heterocycles. The lowest BCUT2D eigenvalue weighted by Gasteiger charge is -2.04. The Bertz CT molecular complexity index is 1290. The lowest BCUT2D eigenvalue weighted by atomic mass is 10.1. The van der Waals surface area contributed by atoms with Crippen LogP contribution < -0.4 is 10.1 Å². The number of aryl methyl sites for hydroxylation is 1. The summed E-state index contributed by atoms with van der Waals surface area (Å²) in [7, 11) is 1.65. The van der Waals surface area contributed by atoms with Gasteiger partial charge in [0, 0.05) is 16.5 Å². The van der Waals surface area contributed by atoms with Crippen molar-refractivity contribution in [3.8, 4) is 28.3 Å². The SMILES string of the molecule is COc1ccc(-c2ccc(Nc3nc4scc(-c5ccc(C)cc5)n4n3)nn2)cc1. The summed E-state index contributed by atoms with van der Waals surface area (Å²) in [6, 6.07) is 19.8. The second-order valence-electron chi connectivity index (χ2n) is 6.77. The van der Waals surface area contributed by atoms with Gasteiger partial charge < -0.3 is 10.1 Å². The zero-order chi connectivity index (χ0) is 20.5. The number of hydrogen-bond acceptors (Lipinski definition) is 7. The van der Waals surface area contributed by atoms with Crippen LogP contribution >= 0.6 is 11.3 Å². The number of rotatable bonds is 5. The molecule has 0 radical (unpaired) electrons. The maximum atomic E-state index is 5.19. The first kappa shape index (κ1) is 18.3. The zero-order valence-electron chi connectivity index (χ0n) is 16.4. The first-order valence-electron chi connectivity index (χ1n) is 9.36. The average molecular weight is 414 g/mol. The highest BCUT2D eigenvalue weighted by Crippen LogP contribution is 2.27. The highest BCUT2D eigenvalue weighted by Gasteiger charge is 2.12. The van der Waals surface area contributed by atoms with Crippen molar-refractivity contribution in [1.29, 1.82) is 0 Å². The van der Waals surface area contributed by atoms with Crippen LogP contribution in [0.4, 0.5) is 11.8 Å². The Kier molecular flexibility index (Phi) is 4.61. The summed E-state index contributed by atoms with van der Waals surface area (Å²) in [5, 5.41) is 18.3. The molecule has 0 aliphatic carbocycles. The molecule has 7 nitrogen and oxygen atoms in total. The fourth-order valence-corrected chi connectivity index (χ4v) is 3.92. The van der Waals surface area contributed by atoms with E-state index in [4.69, 9.17) is 4.74 Å². The molecule has 0 amide bonds. The second-order valence-corrected chi connectivity index (χ2v) is 7.61. The molecule has 30 heavy (non-hydrogen) atoms. The Labute approximate surface area is 177 Å². The van der Waals surface area contributed by atoms with Crippen LogP contribution in [0.5, 0.6) is 5.75 Å². The van der Waals surface area contributed by atoms with Gasteiger partial charge in [0.25, 0.3) is 0 Å². The van der Waals surface area contributed by atoms with Gasteiger partial charge in [-0.15, -0.1) is 26.6 Å². The average Bonchev–Trinajstić information content (AvgIpc) is 3.35. The summed E-state index contributed by atoms with van der Waals surface area (Å²) in [6.07, 6.45) is 0. The molecule has 0 saturated carbocycles. The number of hydrogen-bond donors (Lipinski definition) is 1. The summed E-state index contributed by atoms with van der Waals surface area (Å²) >= 11 is 1.55. The number of thiazole rings is 1. The Morgan fingerprint density at radius 3 is 2.37 bits per heavy atom. The van der Waals surface area contributed by atoms with Crippen LogP contribution in [-0.2, 0) is 0 Å². The monoisotopic (exact) mass is 414 g/mol. The fourth-order valence-electron chi connectivity index (χ4n) is 3.09. The van der Waals surface area contributed by atoms with Gasteiger partial charge in [0.2, 0.25) is 10.9 Å². The standard InChI is InChI=1S/C22H18N6OS/c1-14-3-5-16(6-4-14)19-13-30-22-24-21(27-28(19)22)23-20-12-11-18(25-26-20)15-7-9-17(29-2)10-8-15/h3-13H,1-2H3,(H,23,26,27). The number of aromatic nitrogens is 5. The molecule has 0 aliphatic rings. The van der Waals surface area contributed by atoms with Crippen LogP contribution in [0.15, 0.2) is 66.0 Å². The Hall–Kier alpha value is -3.78. The molecule has 0 atom stereocenters. The van der Waals surface area contributed by atoms with Gasteiger partial charge in [0.15, 0.2) is 5.82 Å². The van der Waals surface area contributed by atoms with Gasteiger partial charge in [-0.05, 0) is 43.3 Å². The van der Waals surface area contributed by atoms with E-state index in [-0.39, 0.29) is 0 Å². The van der Waals surface area contributed by atoms with E-state index in [2.05, 4.69) is 62.2 Å². The van der Waals surface area contributed by atoms with Gasteiger partial charge in [-0.1, -0.05) is 29.8 Å². The van der Waals surface area contributed by atoms with Crippen LogP contribution in [0.2, 0.25) is 0 Å². The van der Waals surface area contributed by atoms with E-state index in [9.17, 15) is 0 Å². The van der Waals surface area contributed by atoms with Crippen molar-refractivity contribution in [1.82, 2.24) is 24.8 Å². The van der Waals surface area contributed by atoms with Gasteiger partial charge in [-0.3, -0.25) is 0 Å². The molecular formula is C22H18N6OS. The summed E-state index contributed by atoms with van der Waals surface area (Å²) in [5.74, 6) is 1.88. The summed E-state index contributed by atoms with van der Waals surface area (Å²) in [6.45, 7) is 2.07. The topological polar surface area (TPSA) is 77.2 Å². The van der Waals surface area contributed by atoms with Crippen molar-refractivity contribution < 1.29 is 4.74 Å². The van der Waals surface area contributed by atoms with Crippen molar-refractivity contribution in [2.45, 2.75) is 6.92 Å². The molecule has 8 heteroatoms. The number of methoxy groups -OCH3 is 1. The minimum Gasteiger partial charge on any atom is -0.497 e. The third-order valence-electron chi connectivity index (χ3n) is 4.72. The molecule has 0 fully saturated rings. The summed E-state index contributed by atoms with van der Waals surface area (Å²) in [5.41, 5.74) is 5.09. The van der Waals surface area contributed by atoms with Gasteiger partial charge >= 0.3 is 0 Å². The van der Waals surface area contributed by atoms with Gasteiger partial charge in [0.1, 0.15) is 5.75 Å². The minimum absolute atomic E-state index is 0.488. The number of fused-ring (bicyclic) bond motifs is 1. The van der Waals surface area contributed by atoms with Crippen molar-refractivity contribution in [3.05, 3.63) is 71.6 Å². The summed E-state index contributed by atoms with van der Waals surface area (Å²) < 4.78 is 7.03. The molecular weight excluding hydrogens is 396 g/mol. The number of benzene rings is 2. The predicted octanol–water partition coefficient (Wildman–Crippen LogP) is 4.98. The highest BCUT2D eigenvalue weighted by molar-refractivity contribution is 7.15. The van der Waals surface area contributed by atoms with Crippen molar-refractivity contribution in [2.75, 3.05) is 12.4 Å². The molecule has 0 unspecified atom stereocenters. The van der Waals surface area contributed by atoms with Crippen LogP contribution in [0, 0.1) is 6.92 Å². The number of anilines is 2. The molecule has 3 heterocycles. The first-order chi connectivity index (χ1) is 14.7. The Balaban J connectivity index is 1.37. The smallest absolute Gasteiger partial charge is 0.249 e. The van der Waals surface area contributed by atoms with Gasteiger partial charge in [-0.25, -0.2) is 4.52 Å². The number of nitrogens with one attached hydrogen (secondary N) is 1.